The molecule has 0 aromatic heterocycles. The van der Waals surface area contributed by atoms with Gasteiger partial charge in [-0.15, -0.1) is 0 Å². The van der Waals surface area contributed by atoms with Crippen molar-refractivity contribution in [2.24, 2.45) is 0 Å². The number of hydrogen-bond donors (Lipinski definition) is 2. The fourth-order valence-corrected chi connectivity index (χ4v) is 2.08. The summed E-state index contributed by atoms with van der Waals surface area (Å²) >= 11 is 0. The lowest BCUT2D eigenvalue weighted by Gasteiger charge is -2.12. The fraction of sp³-hybridized carbons (Fsp3) is 0.188. The van der Waals surface area contributed by atoms with Crippen molar-refractivity contribution in [2.75, 3.05) is 18.2 Å². The number of aryl methyl sites for hydroxylation is 1. The molecule has 0 spiro atoms. The maximum absolute atomic E-state index is 14.0. The topological polar surface area (TPSA) is 64.3 Å². The Bertz CT molecular complexity index is 671. The van der Waals surface area contributed by atoms with Crippen molar-refractivity contribution in [3.63, 3.8) is 0 Å². The summed E-state index contributed by atoms with van der Waals surface area (Å²) in [7, 11) is 1.57. The number of nitrogen functional groups attached to an aromatic ring is 1. The third-order valence-electron chi connectivity index (χ3n) is 3.09. The van der Waals surface area contributed by atoms with Crippen molar-refractivity contribution in [1.29, 1.82) is 0 Å². The number of benzene rings is 2. The monoisotopic (exact) mass is 288 g/mol. The molecule has 0 heterocycles. The minimum absolute atomic E-state index is 0.0697. The van der Waals surface area contributed by atoms with Crippen LogP contribution in [0.25, 0.3) is 0 Å². The molecule has 2 rings (SSSR count). The molecular weight excluding hydrogens is 271 g/mol. The number of ether oxygens (including phenoxy) is 1. The van der Waals surface area contributed by atoms with Crippen LogP contribution in [0.15, 0.2) is 36.4 Å². The van der Waals surface area contributed by atoms with Gasteiger partial charge in [-0.05, 0) is 30.7 Å². The van der Waals surface area contributed by atoms with E-state index in [1.807, 2.05) is 12.1 Å². The Morgan fingerprint density at radius 2 is 2.05 bits per heavy atom. The molecule has 0 saturated heterocycles. The summed E-state index contributed by atoms with van der Waals surface area (Å²) in [5, 5.41) is 2.69. The van der Waals surface area contributed by atoms with E-state index in [1.54, 1.807) is 26.2 Å². The molecule has 0 aliphatic rings. The van der Waals surface area contributed by atoms with Gasteiger partial charge in [0.15, 0.2) is 0 Å². The quantitative estimate of drug-likeness (QED) is 0.850. The van der Waals surface area contributed by atoms with E-state index in [2.05, 4.69) is 5.32 Å². The van der Waals surface area contributed by atoms with Crippen molar-refractivity contribution < 1.29 is 13.9 Å². The molecule has 0 atom stereocenters. The van der Waals surface area contributed by atoms with E-state index in [1.165, 1.54) is 12.1 Å². The van der Waals surface area contributed by atoms with Crippen LogP contribution in [0.1, 0.15) is 21.5 Å². The zero-order chi connectivity index (χ0) is 15.4. The third kappa shape index (κ3) is 3.38. The Balaban J connectivity index is 2.31. The lowest BCUT2D eigenvalue weighted by molar-refractivity contribution is 0.102. The first kappa shape index (κ1) is 15.0. The van der Waals surface area contributed by atoms with E-state index in [0.717, 1.165) is 5.56 Å². The molecule has 0 fully saturated rings. The summed E-state index contributed by atoms with van der Waals surface area (Å²) in [6, 6.07) is 10.0. The number of hydrogen-bond acceptors (Lipinski definition) is 3. The van der Waals surface area contributed by atoms with Crippen LogP contribution in [0.5, 0.6) is 0 Å². The Morgan fingerprint density at radius 3 is 2.76 bits per heavy atom. The van der Waals surface area contributed by atoms with Crippen molar-refractivity contribution in [2.45, 2.75) is 13.5 Å². The number of methoxy groups -OCH3 is 1. The van der Waals surface area contributed by atoms with Crippen molar-refractivity contribution >= 4 is 17.3 Å². The first-order valence-corrected chi connectivity index (χ1v) is 6.46. The number of para-hydroxylation sites is 1. The summed E-state index contributed by atoms with van der Waals surface area (Å²) < 4.78 is 19.1. The van der Waals surface area contributed by atoms with Crippen molar-refractivity contribution in [3.8, 4) is 0 Å². The molecule has 5 heteroatoms. The van der Waals surface area contributed by atoms with Gasteiger partial charge in [-0.3, -0.25) is 4.79 Å². The lowest BCUT2D eigenvalue weighted by Crippen LogP contribution is -2.16. The first-order chi connectivity index (χ1) is 10.0. The van der Waals surface area contributed by atoms with Gasteiger partial charge in [-0.2, -0.15) is 0 Å². The van der Waals surface area contributed by atoms with Crippen LogP contribution >= 0.6 is 0 Å². The van der Waals surface area contributed by atoms with Gasteiger partial charge in [-0.25, -0.2) is 4.39 Å². The highest BCUT2D eigenvalue weighted by Crippen LogP contribution is 2.21. The minimum Gasteiger partial charge on any atom is -0.399 e. The standard InChI is InChI=1S/C16H17FN2O2/c1-10-7-12(18)8-13(15(10)17)16(20)19-14-6-4-3-5-11(14)9-21-2/h3-8H,9,18H2,1-2H3,(H,19,20). The van der Waals surface area contributed by atoms with Gasteiger partial charge in [0, 0.05) is 24.0 Å². The molecular formula is C16H17FN2O2. The molecule has 0 radical (unpaired) electrons. The average molecular weight is 288 g/mol. The Labute approximate surface area is 122 Å². The summed E-state index contributed by atoms with van der Waals surface area (Å²) in [6.45, 7) is 1.93. The van der Waals surface area contributed by atoms with Crippen LogP contribution in [0.2, 0.25) is 0 Å². The second-order valence-electron chi connectivity index (χ2n) is 4.74. The molecule has 1 amide bonds. The second kappa shape index (κ2) is 6.37. The van der Waals surface area contributed by atoms with Crippen LogP contribution in [-0.2, 0) is 11.3 Å². The molecule has 110 valence electrons. The van der Waals surface area contributed by atoms with E-state index in [4.69, 9.17) is 10.5 Å². The van der Waals surface area contributed by atoms with Gasteiger partial charge in [0.1, 0.15) is 5.82 Å². The predicted molar refractivity (Wildman–Crippen MR) is 80.7 cm³/mol. The summed E-state index contributed by atoms with van der Waals surface area (Å²) in [5.41, 5.74) is 7.69. The summed E-state index contributed by atoms with van der Waals surface area (Å²) in [6.07, 6.45) is 0. The Kier molecular flexibility index (Phi) is 4.55. The maximum atomic E-state index is 14.0. The number of carbonyl (C=O) groups excluding carboxylic acids is 1. The van der Waals surface area contributed by atoms with E-state index < -0.39 is 11.7 Å². The SMILES string of the molecule is COCc1ccccc1NC(=O)c1cc(N)cc(C)c1F. The van der Waals surface area contributed by atoms with Gasteiger partial charge in [0.25, 0.3) is 5.91 Å². The molecule has 21 heavy (non-hydrogen) atoms. The number of carbonyl (C=O) groups is 1. The van der Waals surface area contributed by atoms with Gasteiger partial charge in [0.2, 0.25) is 0 Å². The molecule has 0 aliphatic heterocycles. The lowest BCUT2D eigenvalue weighted by atomic mass is 10.1. The maximum Gasteiger partial charge on any atom is 0.258 e. The van der Waals surface area contributed by atoms with E-state index in [-0.39, 0.29) is 5.56 Å². The largest absolute Gasteiger partial charge is 0.399 e. The van der Waals surface area contributed by atoms with Crippen molar-refractivity contribution in [3.05, 3.63) is 58.9 Å². The number of anilines is 2. The zero-order valence-electron chi connectivity index (χ0n) is 11.9. The van der Waals surface area contributed by atoms with E-state index in [0.29, 0.717) is 23.5 Å². The number of nitrogens with two attached hydrogens (primary N) is 1. The Morgan fingerprint density at radius 1 is 1.33 bits per heavy atom. The van der Waals surface area contributed by atoms with E-state index in [9.17, 15) is 9.18 Å². The highest BCUT2D eigenvalue weighted by molar-refractivity contribution is 6.05. The number of halogens is 1. The zero-order valence-corrected chi connectivity index (χ0v) is 11.9. The Hall–Kier alpha value is -2.40. The molecule has 2 aromatic carbocycles. The predicted octanol–water partition coefficient (Wildman–Crippen LogP) is 3.12. The van der Waals surface area contributed by atoms with Crippen LogP contribution in [0, 0.1) is 12.7 Å². The van der Waals surface area contributed by atoms with Crippen LogP contribution in [0.3, 0.4) is 0 Å². The molecule has 3 N–H and O–H groups in total. The summed E-state index contributed by atoms with van der Waals surface area (Å²) in [4.78, 5) is 12.2. The summed E-state index contributed by atoms with van der Waals surface area (Å²) in [5.74, 6) is -1.10. The van der Waals surface area contributed by atoms with E-state index >= 15 is 0 Å². The first-order valence-electron chi connectivity index (χ1n) is 6.46. The molecule has 0 bridgehead atoms. The molecule has 2 aromatic rings. The average Bonchev–Trinajstić information content (AvgIpc) is 2.45. The van der Waals surface area contributed by atoms with Gasteiger partial charge in [0.05, 0.1) is 12.2 Å². The van der Waals surface area contributed by atoms with Gasteiger partial charge < -0.3 is 15.8 Å². The third-order valence-corrected chi connectivity index (χ3v) is 3.09. The normalized spacial score (nSPS) is 10.4. The molecule has 0 aliphatic carbocycles. The molecule has 0 saturated carbocycles. The highest BCUT2D eigenvalue weighted by Gasteiger charge is 2.16. The smallest absolute Gasteiger partial charge is 0.258 e. The molecule has 0 unspecified atom stereocenters. The minimum atomic E-state index is -0.564. The number of nitrogens with one attached hydrogen (secondary N) is 1. The fourth-order valence-electron chi connectivity index (χ4n) is 2.08. The number of amides is 1. The van der Waals surface area contributed by atoms with Crippen LogP contribution < -0.4 is 11.1 Å². The highest BCUT2D eigenvalue weighted by atomic mass is 19.1. The van der Waals surface area contributed by atoms with Gasteiger partial charge >= 0.3 is 0 Å². The van der Waals surface area contributed by atoms with Crippen LogP contribution in [0.4, 0.5) is 15.8 Å². The van der Waals surface area contributed by atoms with Crippen molar-refractivity contribution in [1.82, 2.24) is 0 Å². The second-order valence-corrected chi connectivity index (χ2v) is 4.74. The number of rotatable bonds is 4. The van der Waals surface area contributed by atoms with Gasteiger partial charge in [-0.1, -0.05) is 18.2 Å². The van der Waals surface area contributed by atoms with Crippen LogP contribution in [-0.4, -0.2) is 13.0 Å². The molecule has 4 nitrogen and oxygen atoms in total.